The van der Waals surface area contributed by atoms with Crippen LogP contribution in [-0.2, 0) is 10.2 Å². The molecule has 2 N–H and O–H groups in total. The molecular formula is C24H28BrN5O3. The van der Waals surface area contributed by atoms with Crippen molar-refractivity contribution in [3.63, 3.8) is 0 Å². The molecule has 33 heavy (non-hydrogen) atoms. The van der Waals surface area contributed by atoms with Gasteiger partial charge in [0.15, 0.2) is 0 Å². The average molecular weight is 514 g/mol. The van der Waals surface area contributed by atoms with Crippen LogP contribution in [0.15, 0.2) is 59.1 Å². The molecule has 0 saturated heterocycles. The van der Waals surface area contributed by atoms with E-state index in [4.69, 9.17) is 9.84 Å². The van der Waals surface area contributed by atoms with Crippen molar-refractivity contribution in [2.45, 2.75) is 26.2 Å². The summed E-state index contributed by atoms with van der Waals surface area (Å²) >= 11 is 3.37. The van der Waals surface area contributed by atoms with Crippen molar-refractivity contribution < 1.29 is 14.3 Å². The summed E-state index contributed by atoms with van der Waals surface area (Å²) in [6.45, 7) is 6.04. The monoisotopic (exact) mass is 513 g/mol. The van der Waals surface area contributed by atoms with Crippen molar-refractivity contribution in [3.8, 4) is 11.4 Å². The molecule has 3 aromatic rings. The Morgan fingerprint density at radius 3 is 2.39 bits per heavy atom. The smallest absolute Gasteiger partial charge is 0.322 e. The van der Waals surface area contributed by atoms with Crippen molar-refractivity contribution in [3.05, 3.63) is 64.8 Å². The lowest BCUT2D eigenvalue weighted by Crippen LogP contribution is -2.37. The van der Waals surface area contributed by atoms with Crippen LogP contribution in [0.5, 0.6) is 5.75 Å². The minimum atomic E-state index is -0.387. The predicted octanol–water partition coefficient (Wildman–Crippen LogP) is 5.04. The summed E-state index contributed by atoms with van der Waals surface area (Å²) in [6.07, 6.45) is 0. The van der Waals surface area contributed by atoms with Crippen molar-refractivity contribution in [1.82, 2.24) is 14.7 Å². The summed E-state index contributed by atoms with van der Waals surface area (Å²) in [6, 6.07) is 16.1. The van der Waals surface area contributed by atoms with Gasteiger partial charge in [0.2, 0.25) is 5.91 Å². The Morgan fingerprint density at radius 2 is 1.79 bits per heavy atom. The molecule has 0 atom stereocenters. The van der Waals surface area contributed by atoms with E-state index in [9.17, 15) is 9.59 Å². The molecule has 3 amide bonds. The van der Waals surface area contributed by atoms with E-state index in [-0.39, 0.29) is 23.9 Å². The molecule has 3 rings (SSSR count). The van der Waals surface area contributed by atoms with E-state index in [2.05, 4.69) is 47.3 Å². The number of benzene rings is 2. The molecule has 174 valence electrons. The fraction of sp³-hybridized carbons (Fsp3) is 0.292. The molecule has 1 aromatic heterocycles. The number of rotatable bonds is 6. The van der Waals surface area contributed by atoms with Gasteiger partial charge in [-0.05, 0) is 42.5 Å². The first-order chi connectivity index (χ1) is 15.6. The standard InChI is InChI=1S/C24H28BrN5O3/c1-24(2,3)20-14-21(30(28-20)18-9-11-19(33-5)12-10-18)27-22(31)15-29(4)23(32)26-17-8-6-7-16(25)13-17/h6-14H,15H2,1-5H3,(H,26,32)(H,27,31). The van der Waals surface area contributed by atoms with E-state index in [1.165, 1.54) is 4.90 Å². The first kappa shape index (κ1) is 24.3. The zero-order chi connectivity index (χ0) is 24.2. The van der Waals surface area contributed by atoms with E-state index in [0.717, 1.165) is 21.6 Å². The fourth-order valence-corrected chi connectivity index (χ4v) is 3.41. The molecule has 0 spiro atoms. The number of methoxy groups -OCH3 is 1. The molecule has 0 unspecified atom stereocenters. The minimum absolute atomic E-state index is 0.127. The quantitative estimate of drug-likeness (QED) is 0.482. The number of nitrogens with one attached hydrogen (secondary N) is 2. The number of nitrogens with zero attached hydrogens (tertiary/aromatic N) is 3. The van der Waals surface area contributed by atoms with Gasteiger partial charge in [0, 0.05) is 28.7 Å². The summed E-state index contributed by atoms with van der Waals surface area (Å²) in [5, 5.41) is 10.4. The van der Waals surface area contributed by atoms with Gasteiger partial charge in [-0.1, -0.05) is 42.8 Å². The second-order valence-electron chi connectivity index (χ2n) is 8.62. The van der Waals surface area contributed by atoms with Crippen molar-refractivity contribution in [2.75, 3.05) is 31.3 Å². The van der Waals surface area contributed by atoms with Gasteiger partial charge >= 0.3 is 6.03 Å². The van der Waals surface area contributed by atoms with Gasteiger partial charge in [-0.2, -0.15) is 5.10 Å². The SMILES string of the molecule is COc1ccc(-n2nc(C(C)(C)C)cc2NC(=O)CN(C)C(=O)Nc2cccc(Br)c2)cc1. The number of hydrogen-bond donors (Lipinski definition) is 2. The Labute approximate surface area is 202 Å². The molecular weight excluding hydrogens is 486 g/mol. The third-order valence-corrected chi connectivity index (χ3v) is 5.36. The minimum Gasteiger partial charge on any atom is -0.497 e. The lowest BCUT2D eigenvalue weighted by Gasteiger charge is -2.18. The number of aromatic nitrogens is 2. The van der Waals surface area contributed by atoms with Crippen LogP contribution < -0.4 is 15.4 Å². The summed E-state index contributed by atoms with van der Waals surface area (Å²) in [4.78, 5) is 26.6. The van der Waals surface area contributed by atoms with Crippen molar-refractivity contribution in [1.29, 1.82) is 0 Å². The predicted molar refractivity (Wildman–Crippen MR) is 133 cm³/mol. The van der Waals surface area contributed by atoms with Gasteiger partial charge in [-0.25, -0.2) is 9.48 Å². The number of halogens is 1. The van der Waals surface area contributed by atoms with Gasteiger partial charge < -0.3 is 20.3 Å². The van der Waals surface area contributed by atoms with Crippen LogP contribution in [0.2, 0.25) is 0 Å². The molecule has 0 fully saturated rings. The lowest BCUT2D eigenvalue weighted by molar-refractivity contribution is -0.116. The maximum atomic E-state index is 12.8. The topological polar surface area (TPSA) is 88.5 Å². The normalized spacial score (nSPS) is 11.1. The lowest BCUT2D eigenvalue weighted by atomic mass is 9.92. The number of likely N-dealkylation sites (N-methyl/N-ethyl adjacent to an activating group) is 1. The molecule has 0 bridgehead atoms. The molecule has 0 saturated carbocycles. The van der Waals surface area contributed by atoms with E-state index in [0.29, 0.717) is 11.5 Å². The van der Waals surface area contributed by atoms with Crippen LogP contribution in [0.1, 0.15) is 26.5 Å². The van der Waals surface area contributed by atoms with E-state index in [1.807, 2.05) is 42.5 Å². The fourth-order valence-electron chi connectivity index (χ4n) is 3.01. The van der Waals surface area contributed by atoms with Gasteiger partial charge in [-0.15, -0.1) is 0 Å². The summed E-state index contributed by atoms with van der Waals surface area (Å²) < 4.78 is 7.76. The molecule has 0 radical (unpaired) electrons. The molecule has 0 aliphatic rings. The summed E-state index contributed by atoms with van der Waals surface area (Å²) in [7, 11) is 3.17. The highest BCUT2D eigenvalue weighted by Gasteiger charge is 2.22. The number of hydrogen-bond acceptors (Lipinski definition) is 4. The Balaban J connectivity index is 1.74. The number of urea groups is 1. The first-order valence-corrected chi connectivity index (χ1v) is 11.2. The van der Waals surface area contributed by atoms with Crippen molar-refractivity contribution in [2.24, 2.45) is 0 Å². The highest BCUT2D eigenvalue weighted by molar-refractivity contribution is 9.10. The van der Waals surface area contributed by atoms with Crippen LogP contribution in [-0.4, -0.2) is 47.3 Å². The van der Waals surface area contributed by atoms with Gasteiger partial charge in [-0.3, -0.25) is 4.79 Å². The third kappa shape index (κ3) is 6.35. The Morgan fingerprint density at radius 1 is 1.09 bits per heavy atom. The summed E-state index contributed by atoms with van der Waals surface area (Å²) in [5.74, 6) is 0.915. The van der Waals surface area contributed by atoms with Crippen molar-refractivity contribution >= 4 is 39.4 Å². The maximum absolute atomic E-state index is 12.8. The Bertz CT molecular complexity index is 1140. The molecule has 2 aromatic carbocycles. The zero-order valence-corrected chi connectivity index (χ0v) is 20.9. The van der Waals surface area contributed by atoms with Crippen LogP contribution in [0.4, 0.5) is 16.3 Å². The molecule has 9 heteroatoms. The Kier molecular flexibility index (Phi) is 7.43. The number of anilines is 2. The van der Waals surface area contributed by atoms with Crippen LogP contribution in [0, 0.1) is 0 Å². The maximum Gasteiger partial charge on any atom is 0.322 e. The molecule has 8 nitrogen and oxygen atoms in total. The molecule has 0 aliphatic carbocycles. The molecule has 1 heterocycles. The number of ether oxygens (including phenoxy) is 1. The van der Waals surface area contributed by atoms with E-state index in [1.54, 1.807) is 31.0 Å². The largest absolute Gasteiger partial charge is 0.497 e. The highest BCUT2D eigenvalue weighted by Crippen LogP contribution is 2.27. The van der Waals surface area contributed by atoms with Gasteiger partial charge in [0.25, 0.3) is 0 Å². The third-order valence-electron chi connectivity index (χ3n) is 4.87. The van der Waals surface area contributed by atoms with Gasteiger partial charge in [0.1, 0.15) is 18.1 Å². The highest BCUT2D eigenvalue weighted by atomic mass is 79.9. The van der Waals surface area contributed by atoms with Crippen LogP contribution in [0.25, 0.3) is 5.69 Å². The number of carbonyl (C=O) groups excluding carboxylic acids is 2. The van der Waals surface area contributed by atoms with Crippen LogP contribution in [0.3, 0.4) is 0 Å². The second kappa shape index (κ2) is 10.1. The first-order valence-electron chi connectivity index (χ1n) is 10.4. The molecule has 0 aliphatic heterocycles. The van der Waals surface area contributed by atoms with E-state index < -0.39 is 0 Å². The van der Waals surface area contributed by atoms with E-state index >= 15 is 0 Å². The average Bonchev–Trinajstić information content (AvgIpc) is 3.18. The number of carbonyl (C=O) groups is 2. The van der Waals surface area contributed by atoms with Gasteiger partial charge in [0.05, 0.1) is 18.5 Å². The number of amides is 3. The Hall–Kier alpha value is -3.33. The summed E-state index contributed by atoms with van der Waals surface area (Å²) in [5.41, 5.74) is 2.03. The second-order valence-corrected chi connectivity index (χ2v) is 9.54. The van der Waals surface area contributed by atoms with Crippen LogP contribution >= 0.6 is 15.9 Å². The zero-order valence-electron chi connectivity index (χ0n) is 19.3.